The van der Waals surface area contributed by atoms with E-state index in [4.69, 9.17) is 5.11 Å². The molecule has 1 saturated carbocycles. The molecule has 0 radical (unpaired) electrons. The molecule has 1 aliphatic rings. The summed E-state index contributed by atoms with van der Waals surface area (Å²) in [5.74, 6) is -1.16. The van der Waals surface area contributed by atoms with E-state index >= 15 is 0 Å². The van der Waals surface area contributed by atoms with E-state index in [1.807, 2.05) is 0 Å². The number of benzene rings is 1. The molecule has 1 fully saturated rings. The van der Waals surface area contributed by atoms with Crippen molar-refractivity contribution in [2.75, 3.05) is 0 Å². The minimum absolute atomic E-state index is 0.00448. The van der Waals surface area contributed by atoms with Gasteiger partial charge in [-0.1, -0.05) is 32.1 Å². The van der Waals surface area contributed by atoms with Gasteiger partial charge in [0.25, 0.3) is 0 Å². The maximum absolute atomic E-state index is 12.5. The largest absolute Gasteiger partial charge is 0.478 e. The first-order valence-electron chi connectivity index (χ1n) is 7.45. The molecule has 0 bridgehead atoms. The number of carboxylic acids is 1. The summed E-state index contributed by atoms with van der Waals surface area (Å²) in [5, 5.41) is 9.10. The molecule has 1 aromatic rings. The molecule has 22 heavy (non-hydrogen) atoms. The van der Waals surface area contributed by atoms with Crippen molar-refractivity contribution in [1.82, 2.24) is 4.72 Å². The van der Waals surface area contributed by atoms with Crippen LogP contribution in [0.15, 0.2) is 27.6 Å². The standard InChI is InChI=1S/C15H20BrNO4S/c16-14-9-8-12(10-13(14)15(18)19)22(20,21)17-11-6-4-2-1-3-5-7-11/h8-11,17H,1-7H2,(H,18,19). The van der Waals surface area contributed by atoms with Gasteiger partial charge < -0.3 is 5.11 Å². The van der Waals surface area contributed by atoms with E-state index in [1.165, 1.54) is 24.6 Å². The first-order valence-corrected chi connectivity index (χ1v) is 9.73. The van der Waals surface area contributed by atoms with E-state index in [1.54, 1.807) is 0 Å². The van der Waals surface area contributed by atoms with Gasteiger partial charge in [0.1, 0.15) is 0 Å². The third-order valence-corrected chi connectivity index (χ3v) is 6.12. The zero-order valence-corrected chi connectivity index (χ0v) is 14.6. The van der Waals surface area contributed by atoms with Crippen LogP contribution in [0.25, 0.3) is 0 Å². The van der Waals surface area contributed by atoms with Gasteiger partial charge in [-0.15, -0.1) is 0 Å². The van der Waals surface area contributed by atoms with Crippen molar-refractivity contribution in [2.45, 2.75) is 55.9 Å². The number of rotatable bonds is 4. The average molecular weight is 390 g/mol. The number of aromatic carboxylic acids is 1. The van der Waals surface area contributed by atoms with Crippen LogP contribution in [0.4, 0.5) is 0 Å². The fourth-order valence-corrected chi connectivity index (χ4v) is 4.44. The summed E-state index contributed by atoms with van der Waals surface area (Å²) in [5.41, 5.74) is -0.0551. The van der Waals surface area contributed by atoms with E-state index in [-0.39, 0.29) is 16.5 Å². The van der Waals surface area contributed by atoms with Crippen molar-refractivity contribution in [2.24, 2.45) is 0 Å². The van der Waals surface area contributed by atoms with E-state index in [0.29, 0.717) is 4.47 Å². The fourth-order valence-electron chi connectivity index (χ4n) is 2.70. The molecule has 0 spiro atoms. The summed E-state index contributed by atoms with van der Waals surface area (Å²) in [6, 6.07) is 4.00. The topological polar surface area (TPSA) is 83.5 Å². The summed E-state index contributed by atoms with van der Waals surface area (Å²) in [6.45, 7) is 0. The van der Waals surface area contributed by atoms with E-state index in [0.717, 1.165) is 38.5 Å². The second-order valence-electron chi connectivity index (χ2n) is 5.61. The lowest BCUT2D eigenvalue weighted by Gasteiger charge is -2.21. The Bertz CT molecular complexity index is 637. The van der Waals surface area contributed by atoms with Crippen LogP contribution >= 0.6 is 15.9 Å². The Kier molecular flexibility index (Phi) is 6.00. The number of sulfonamides is 1. The van der Waals surface area contributed by atoms with Gasteiger partial charge in [0.15, 0.2) is 0 Å². The van der Waals surface area contributed by atoms with Gasteiger partial charge in [0.2, 0.25) is 10.0 Å². The number of halogens is 1. The molecule has 0 saturated heterocycles. The Morgan fingerprint density at radius 2 is 1.73 bits per heavy atom. The Morgan fingerprint density at radius 3 is 2.32 bits per heavy atom. The molecule has 2 N–H and O–H groups in total. The molecule has 1 aliphatic carbocycles. The molecule has 0 atom stereocenters. The predicted molar refractivity (Wildman–Crippen MR) is 87.5 cm³/mol. The van der Waals surface area contributed by atoms with Crippen LogP contribution in [-0.4, -0.2) is 25.5 Å². The van der Waals surface area contributed by atoms with Crippen molar-refractivity contribution in [3.63, 3.8) is 0 Å². The van der Waals surface area contributed by atoms with Gasteiger partial charge >= 0.3 is 5.97 Å². The quantitative estimate of drug-likeness (QED) is 0.824. The second kappa shape index (κ2) is 7.57. The van der Waals surface area contributed by atoms with Crippen LogP contribution < -0.4 is 4.72 Å². The maximum Gasteiger partial charge on any atom is 0.336 e. The maximum atomic E-state index is 12.5. The third-order valence-electron chi connectivity index (χ3n) is 3.91. The van der Waals surface area contributed by atoms with Crippen molar-refractivity contribution >= 4 is 31.9 Å². The zero-order chi connectivity index (χ0) is 16.2. The highest BCUT2D eigenvalue weighted by Crippen LogP contribution is 2.23. The summed E-state index contributed by atoms with van der Waals surface area (Å²) < 4.78 is 28.0. The Hall–Kier alpha value is -0.920. The fraction of sp³-hybridized carbons (Fsp3) is 0.533. The summed E-state index contributed by atoms with van der Waals surface area (Å²) in [7, 11) is -3.69. The number of carbonyl (C=O) groups is 1. The minimum atomic E-state index is -3.69. The molecule has 5 nitrogen and oxygen atoms in total. The highest BCUT2D eigenvalue weighted by atomic mass is 79.9. The van der Waals surface area contributed by atoms with Crippen LogP contribution in [0.5, 0.6) is 0 Å². The number of hydrogen-bond donors (Lipinski definition) is 2. The molecule has 0 amide bonds. The smallest absolute Gasteiger partial charge is 0.336 e. The number of carboxylic acid groups (broad SMARTS) is 1. The molecule has 0 unspecified atom stereocenters. The Labute approximate surface area is 139 Å². The van der Waals surface area contributed by atoms with Crippen LogP contribution in [0, 0.1) is 0 Å². The molecular weight excluding hydrogens is 370 g/mol. The summed E-state index contributed by atoms with van der Waals surface area (Å²) in [4.78, 5) is 11.1. The average Bonchev–Trinajstić information content (AvgIpc) is 2.41. The third kappa shape index (κ3) is 4.54. The minimum Gasteiger partial charge on any atom is -0.478 e. The van der Waals surface area contributed by atoms with E-state index in [2.05, 4.69) is 20.7 Å². The van der Waals surface area contributed by atoms with Gasteiger partial charge in [-0.05, 0) is 47.0 Å². The van der Waals surface area contributed by atoms with Crippen LogP contribution in [0.1, 0.15) is 55.3 Å². The molecular formula is C15H20BrNO4S. The molecule has 0 aromatic heterocycles. The first kappa shape index (κ1) is 17.4. The molecule has 0 heterocycles. The molecule has 122 valence electrons. The lowest BCUT2D eigenvalue weighted by Crippen LogP contribution is -2.35. The highest BCUT2D eigenvalue weighted by Gasteiger charge is 2.22. The van der Waals surface area contributed by atoms with Crippen LogP contribution in [0.2, 0.25) is 0 Å². The van der Waals surface area contributed by atoms with Crippen molar-refractivity contribution in [1.29, 1.82) is 0 Å². The van der Waals surface area contributed by atoms with Gasteiger partial charge in [-0.2, -0.15) is 0 Å². The van der Waals surface area contributed by atoms with Crippen molar-refractivity contribution in [3.8, 4) is 0 Å². The SMILES string of the molecule is O=C(O)c1cc(S(=O)(=O)NC2CCCCCCC2)ccc1Br. The number of hydrogen-bond acceptors (Lipinski definition) is 3. The molecule has 7 heteroatoms. The lowest BCUT2D eigenvalue weighted by molar-refractivity contribution is 0.0695. The van der Waals surface area contributed by atoms with Gasteiger partial charge in [0, 0.05) is 10.5 Å². The Morgan fingerprint density at radius 1 is 1.14 bits per heavy atom. The first-order chi connectivity index (χ1) is 10.4. The van der Waals surface area contributed by atoms with Gasteiger partial charge in [-0.25, -0.2) is 17.9 Å². The number of nitrogens with one attached hydrogen (secondary N) is 1. The van der Waals surface area contributed by atoms with Gasteiger partial charge in [-0.3, -0.25) is 0 Å². The summed E-state index contributed by atoms with van der Waals surface area (Å²) >= 11 is 3.12. The van der Waals surface area contributed by atoms with Crippen molar-refractivity contribution in [3.05, 3.63) is 28.2 Å². The van der Waals surface area contributed by atoms with Gasteiger partial charge in [0.05, 0.1) is 10.5 Å². The molecule has 1 aromatic carbocycles. The highest BCUT2D eigenvalue weighted by molar-refractivity contribution is 9.10. The second-order valence-corrected chi connectivity index (χ2v) is 8.18. The lowest BCUT2D eigenvalue weighted by atomic mass is 9.97. The molecule has 0 aliphatic heterocycles. The Balaban J connectivity index is 2.18. The van der Waals surface area contributed by atoms with E-state index < -0.39 is 16.0 Å². The zero-order valence-electron chi connectivity index (χ0n) is 12.2. The van der Waals surface area contributed by atoms with Crippen LogP contribution in [0.3, 0.4) is 0 Å². The van der Waals surface area contributed by atoms with Crippen LogP contribution in [-0.2, 0) is 10.0 Å². The van der Waals surface area contributed by atoms with Crippen molar-refractivity contribution < 1.29 is 18.3 Å². The normalized spacial score (nSPS) is 17.7. The monoisotopic (exact) mass is 389 g/mol. The molecule has 2 rings (SSSR count). The predicted octanol–water partition coefficient (Wildman–Crippen LogP) is 3.54. The summed E-state index contributed by atoms with van der Waals surface area (Å²) in [6.07, 6.45) is 7.21. The van der Waals surface area contributed by atoms with E-state index in [9.17, 15) is 13.2 Å².